The molecule has 3 N–H and O–H groups in total. The minimum Gasteiger partial charge on any atom is -0.396 e. The minimum atomic E-state index is -0.0825. The van der Waals surface area contributed by atoms with Gasteiger partial charge < -0.3 is 15.4 Å². The van der Waals surface area contributed by atoms with E-state index in [-0.39, 0.29) is 18.1 Å². The molecule has 1 atom stereocenters. The summed E-state index contributed by atoms with van der Waals surface area (Å²) < 4.78 is 0. The predicted molar refractivity (Wildman–Crippen MR) is 55.9 cm³/mol. The fourth-order valence-electron chi connectivity index (χ4n) is 1.10. The number of hydrogen-bond donors (Lipinski definition) is 3. The van der Waals surface area contributed by atoms with Crippen molar-refractivity contribution in [2.24, 2.45) is 5.41 Å². The average Bonchev–Trinajstić information content (AvgIpc) is 2.67. The molecular formula is C10H19N3O. The first-order valence-electron chi connectivity index (χ1n) is 4.89. The lowest BCUT2D eigenvalue weighted by molar-refractivity contribution is 0.153. The molecule has 1 aromatic heterocycles. The van der Waals surface area contributed by atoms with Gasteiger partial charge in [-0.2, -0.15) is 0 Å². The Morgan fingerprint density at radius 1 is 1.64 bits per heavy atom. The average molecular weight is 197 g/mol. The Morgan fingerprint density at radius 3 is 2.86 bits per heavy atom. The Morgan fingerprint density at radius 2 is 2.36 bits per heavy atom. The van der Waals surface area contributed by atoms with Crippen molar-refractivity contribution < 1.29 is 5.11 Å². The Kier molecular flexibility index (Phi) is 3.66. The van der Waals surface area contributed by atoms with E-state index in [2.05, 4.69) is 15.3 Å². The molecule has 14 heavy (non-hydrogen) atoms. The quantitative estimate of drug-likeness (QED) is 0.662. The third kappa shape index (κ3) is 3.12. The normalized spacial score (nSPS) is 14.3. The molecule has 0 saturated carbocycles. The van der Waals surface area contributed by atoms with E-state index in [4.69, 9.17) is 5.11 Å². The third-order valence-electron chi connectivity index (χ3n) is 2.24. The summed E-state index contributed by atoms with van der Waals surface area (Å²) in [6.45, 7) is 7.05. The number of imidazole rings is 1. The highest BCUT2D eigenvalue weighted by Gasteiger charge is 2.18. The summed E-state index contributed by atoms with van der Waals surface area (Å²) in [6.07, 6.45) is 3.55. The number of nitrogens with one attached hydrogen (secondary N) is 2. The summed E-state index contributed by atoms with van der Waals surface area (Å²) in [5.74, 6) is 0.929. The van der Waals surface area contributed by atoms with Crippen molar-refractivity contribution in [1.82, 2.24) is 15.3 Å². The maximum Gasteiger partial charge on any atom is 0.122 e. The Balaban J connectivity index is 2.39. The fourth-order valence-corrected chi connectivity index (χ4v) is 1.10. The smallest absolute Gasteiger partial charge is 0.122 e. The number of aliphatic hydroxyl groups excluding tert-OH is 1. The molecule has 4 heteroatoms. The number of hydrogen-bond acceptors (Lipinski definition) is 3. The van der Waals surface area contributed by atoms with Crippen LogP contribution in [0.5, 0.6) is 0 Å². The molecule has 0 aliphatic heterocycles. The van der Waals surface area contributed by atoms with Crippen LogP contribution in [0.1, 0.15) is 32.6 Å². The summed E-state index contributed by atoms with van der Waals surface area (Å²) in [5.41, 5.74) is -0.0825. The van der Waals surface area contributed by atoms with Crippen molar-refractivity contribution in [3.05, 3.63) is 18.2 Å². The molecule has 1 unspecified atom stereocenters. The Hall–Kier alpha value is -0.870. The molecule has 0 amide bonds. The van der Waals surface area contributed by atoms with Gasteiger partial charge in [-0.05, 0) is 6.92 Å². The first-order chi connectivity index (χ1) is 6.55. The van der Waals surface area contributed by atoms with E-state index < -0.39 is 0 Å². The monoisotopic (exact) mass is 197 g/mol. The molecule has 0 aliphatic carbocycles. The summed E-state index contributed by atoms with van der Waals surface area (Å²) in [7, 11) is 0. The highest BCUT2D eigenvalue weighted by atomic mass is 16.3. The maximum absolute atomic E-state index is 9.07. The topological polar surface area (TPSA) is 60.9 Å². The van der Waals surface area contributed by atoms with Crippen molar-refractivity contribution >= 4 is 0 Å². The zero-order valence-electron chi connectivity index (χ0n) is 9.04. The van der Waals surface area contributed by atoms with Crippen LogP contribution in [0.15, 0.2) is 12.4 Å². The highest BCUT2D eigenvalue weighted by molar-refractivity contribution is 4.93. The Bertz CT molecular complexity index is 256. The van der Waals surface area contributed by atoms with Crippen LogP contribution in [-0.4, -0.2) is 28.2 Å². The molecule has 1 rings (SSSR count). The predicted octanol–water partition coefficient (Wildman–Crippen LogP) is 1.08. The molecule has 0 radical (unpaired) electrons. The zero-order valence-corrected chi connectivity index (χ0v) is 9.04. The maximum atomic E-state index is 9.07. The van der Waals surface area contributed by atoms with Crippen LogP contribution in [0, 0.1) is 5.41 Å². The number of aliphatic hydroxyl groups is 1. The second kappa shape index (κ2) is 4.57. The van der Waals surface area contributed by atoms with Gasteiger partial charge in [-0.15, -0.1) is 0 Å². The van der Waals surface area contributed by atoms with E-state index in [0.29, 0.717) is 0 Å². The third-order valence-corrected chi connectivity index (χ3v) is 2.24. The number of rotatable bonds is 5. The van der Waals surface area contributed by atoms with Crippen LogP contribution < -0.4 is 5.32 Å². The van der Waals surface area contributed by atoms with Crippen LogP contribution in [0.3, 0.4) is 0 Å². The number of aromatic nitrogens is 2. The van der Waals surface area contributed by atoms with Gasteiger partial charge in [-0.3, -0.25) is 0 Å². The molecule has 0 aliphatic rings. The summed E-state index contributed by atoms with van der Waals surface area (Å²) in [5, 5.41) is 12.4. The SMILES string of the molecule is CC(NCC(C)(C)CO)c1ncc[nH]1. The number of H-pyrrole nitrogens is 1. The first-order valence-corrected chi connectivity index (χ1v) is 4.89. The van der Waals surface area contributed by atoms with E-state index >= 15 is 0 Å². The molecule has 0 fully saturated rings. The second-order valence-electron chi connectivity index (χ2n) is 4.40. The van der Waals surface area contributed by atoms with Gasteiger partial charge >= 0.3 is 0 Å². The van der Waals surface area contributed by atoms with Gasteiger partial charge in [0.15, 0.2) is 0 Å². The molecule has 1 heterocycles. The van der Waals surface area contributed by atoms with Gasteiger partial charge in [0.2, 0.25) is 0 Å². The largest absolute Gasteiger partial charge is 0.396 e. The summed E-state index contributed by atoms with van der Waals surface area (Å²) >= 11 is 0. The highest BCUT2D eigenvalue weighted by Crippen LogP contribution is 2.14. The van der Waals surface area contributed by atoms with Gasteiger partial charge in [0.05, 0.1) is 6.04 Å². The van der Waals surface area contributed by atoms with Gasteiger partial charge in [0, 0.05) is 31.0 Å². The molecule has 4 nitrogen and oxygen atoms in total. The molecule has 80 valence electrons. The minimum absolute atomic E-state index is 0.0825. The van der Waals surface area contributed by atoms with Crippen molar-refractivity contribution in [3.8, 4) is 0 Å². The van der Waals surface area contributed by atoms with E-state index in [1.807, 2.05) is 27.0 Å². The van der Waals surface area contributed by atoms with Crippen molar-refractivity contribution in [2.75, 3.05) is 13.2 Å². The van der Waals surface area contributed by atoms with Gasteiger partial charge in [0.1, 0.15) is 5.82 Å². The number of nitrogens with zero attached hydrogens (tertiary/aromatic N) is 1. The number of aromatic amines is 1. The lowest BCUT2D eigenvalue weighted by Crippen LogP contribution is -2.34. The Labute approximate surface area is 84.8 Å². The van der Waals surface area contributed by atoms with Gasteiger partial charge in [0.25, 0.3) is 0 Å². The lowest BCUT2D eigenvalue weighted by atomic mass is 9.95. The summed E-state index contributed by atoms with van der Waals surface area (Å²) in [6, 6.07) is 0.191. The van der Waals surface area contributed by atoms with E-state index in [1.54, 1.807) is 6.20 Å². The molecule has 0 bridgehead atoms. The van der Waals surface area contributed by atoms with Crippen LogP contribution in [0.4, 0.5) is 0 Å². The molecule has 0 spiro atoms. The first kappa shape index (κ1) is 11.2. The van der Waals surface area contributed by atoms with Crippen molar-refractivity contribution in [3.63, 3.8) is 0 Å². The fraction of sp³-hybridized carbons (Fsp3) is 0.700. The lowest BCUT2D eigenvalue weighted by Gasteiger charge is -2.24. The molecule has 0 saturated heterocycles. The standard InChI is InChI=1S/C10H19N3O/c1-8(9-11-4-5-12-9)13-6-10(2,3)7-14/h4-5,8,13-14H,6-7H2,1-3H3,(H,11,12). The zero-order chi connectivity index (χ0) is 10.6. The molecule has 1 aromatic rings. The van der Waals surface area contributed by atoms with Gasteiger partial charge in [-0.1, -0.05) is 13.8 Å². The van der Waals surface area contributed by atoms with Crippen molar-refractivity contribution in [2.45, 2.75) is 26.8 Å². The van der Waals surface area contributed by atoms with Crippen LogP contribution in [0.2, 0.25) is 0 Å². The van der Waals surface area contributed by atoms with Crippen LogP contribution in [0.25, 0.3) is 0 Å². The molecule has 0 aromatic carbocycles. The van der Waals surface area contributed by atoms with E-state index in [9.17, 15) is 0 Å². The molecular weight excluding hydrogens is 178 g/mol. The van der Waals surface area contributed by atoms with Crippen LogP contribution >= 0.6 is 0 Å². The van der Waals surface area contributed by atoms with E-state index in [1.165, 1.54) is 0 Å². The van der Waals surface area contributed by atoms with Gasteiger partial charge in [-0.25, -0.2) is 4.98 Å². The van der Waals surface area contributed by atoms with E-state index in [0.717, 1.165) is 12.4 Å². The summed E-state index contributed by atoms with van der Waals surface area (Å²) in [4.78, 5) is 7.22. The van der Waals surface area contributed by atoms with Crippen LogP contribution in [-0.2, 0) is 0 Å². The van der Waals surface area contributed by atoms with Crippen molar-refractivity contribution in [1.29, 1.82) is 0 Å². The second-order valence-corrected chi connectivity index (χ2v) is 4.40.